The highest BCUT2D eigenvalue weighted by molar-refractivity contribution is 5.37. The van der Waals surface area contributed by atoms with Crippen LogP contribution in [0.25, 0.3) is 0 Å². The first-order valence-electron chi connectivity index (χ1n) is 7.85. The van der Waals surface area contributed by atoms with Crippen molar-refractivity contribution in [2.75, 3.05) is 13.2 Å². The molecule has 1 heterocycles. The molecule has 3 rings (SSSR count). The lowest BCUT2D eigenvalue weighted by Crippen LogP contribution is -2.45. The molecule has 3 nitrogen and oxygen atoms in total. The monoisotopic (exact) mass is 275 g/mol. The molecule has 1 saturated carbocycles. The Labute approximate surface area is 121 Å². The van der Waals surface area contributed by atoms with Gasteiger partial charge in [0.1, 0.15) is 5.75 Å². The molecule has 1 aromatic carbocycles. The predicted octanol–water partition coefficient (Wildman–Crippen LogP) is 3.04. The van der Waals surface area contributed by atoms with Gasteiger partial charge in [-0.05, 0) is 18.9 Å². The van der Waals surface area contributed by atoms with Gasteiger partial charge >= 0.3 is 0 Å². The van der Waals surface area contributed by atoms with Gasteiger partial charge < -0.3 is 15.2 Å². The number of hydrogen-bond acceptors (Lipinski definition) is 3. The maximum absolute atomic E-state index is 10.6. The van der Waals surface area contributed by atoms with Gasteiger partial charge in [0.05, 0.1) is 12.2 Å². The van der Waals surface area contributed by atoms with Crippen molar-refractivity contribution in [1.82, 2.24) is 5.32 Å². The molecule has 1 aliphatic heterocycles. The Bertz CT molecular complexity index is 454. The normalized spacial score (nSPS) is 28.5. The Kier molecular flexibility index (Phi) is 3.99. The van der Waals surface area contributed by atoms with E-state index in [9.17, 15) is 5.11 Å². The lowest BCUT2D eigenvalue weighted by Gasteiger charge is -2.37. The number of aliphatic hydroxyl groups is 1. The van der Waals surface area contributed by atoms with Crippen LogP contribution in [0.1, 0.15) is 50.6 Å². The molecule has 0 spiro atoms. The van der Waals surface area contributed by atoms with Gasteiger partial charge in [-0.2, -0.15) is 0 Å². The smallest absolute Gasteiger partial charge is 0.124 e. The minimum Gasteiger partial charge on any atom is -0.493 e. The first kappa shape index (κ1) is 13.9. The van der Waals surface area contributed by atoms with Gasteiger partial charge in [0, 0.05) is 24.1 Å². The third-order valence-corrected chi connectivity index (χ3v) is 4.76. The van der Waals surface area contributed by atoms with E-state index in [4.69, 9.17) is 4.74 Å². The molecule has 0 aromatic heterocycles. The van der Waals surface area contributed by atoms with Crippen LogP contribution in [0.15, 0.2) is 24.3 Å². The summed E-state index contributed by atoms with van der Waals surface area (Å²) in [6, 6.07) is 8.52. The molecule has 1 fully saturated rings. The fourth-order valence-corrected chi connectivity index (χ4v) is 3.49. The number of hydrogen-bond donors (Lipinski definition) is 2. The van der Waals surface area contributed by atoms with E-state index in [0.29, 0.717) is 12.5 Å². The van der Waals surface area contributed by atoms with Crippen molar-refractivity contribution in [3.63, 3.8) is 0 Å². The van der Waals surface area contributed by atoms with E-state index < -0.39 is 5.60 Å². The quantitative estimate of drug-likeness (QED) is 0.891. The average Bonchev–Trinajstić information content (AvgIpc) is 2.47. The first-order valence-corrected chi connectivity index (χ1v) is 7.85. The Morgan fingerprint density at radius 3 is 2.80 bits per heavy atom. The Hall–Kier alpha value is -1.06. The standard InChI is InChI=1S/C17H25NO2/c1-13-11-20-15-8-4-3-7-14(15)16(13)18-12-17(19)9-5-2-6-10-17/h3-4,7-8,13,16,18-19H,2,5-6,9-12H2,1H3. The first-order chi connectivity index (χ1) is 9.68. The van der Waals surface area contributed by atoms with Crippen LogP contribution >= 0.6 is 0 Å². The van der Waals surface area contributed by atoms with Gasteiger partial charge in [0.15, 0.2) is 0 Å². The number of ether oxygens (including phenoxy) is 1. The highest BCUT2D eigenvalue weighted by atomic mass is 16.5. The Balaban J connectivity index is 1.70. The van der Waals surface area contributed by atoms with E-state index in [1.807, 2.05) is 12.1 Å². The summed E-state index contributed by atoms with van der Waals surface area (Å²) in [5.41, 5.74) is 0.719. The van der Waals surface area contributed by atoms with Crippen LogP contribution in [0.3, 0.4) is 0 Å². The van der Waals surface area contributed by atoms with Gasteiger partial charge in [-0.3, -0.25) is 0 Å². The summed E-state index contributed by atoms with van der Waals surface area (Å²) in [6.07, 6.45) is 5.42. The summed E-state index contributed by atoms with van der Waals surface area (Å²) >= 11 is 0. The van der Waals surface area contributed by atoms with E-state index in [1.165, 1.54) is 12.0 Å². The van der Waals surface area contributed by atoms with Gasteiger partial charge in [-0.15, -0.1) is 0 Å². The second-order valence-corrected chi connectivity index (χ2v) is 6.47. The number of para-hydroxylation sites is 1. The molecule has 2 N–H and O–H groups in total. The topological polar surface area (TPSA) is 41.5 Å². The zero-order valence-electron chi connectivity index (χ0n) is 12.3. The van der Waals surface area contributed by atoms with Crippen molar-refractivity contribution >= 4 is 0 Å². The molecule has 0 saturated heterocycles. The molecule has 2 aliphatic rings. The highest BCUT2D eigenvalue weighted by Gasteiger charge is 2.33. The lowest BCUT2D eigenvalue weighted by molar-refractivity contribution is -0.000507. The lowest BCUT2D eigenvalue weighted by atomic mass is 9.84. The zero-order valence-corrected chi connectivity index (χ0v) is 12.3. The molecule has 3 heteroatoms. The molecule has 0 bridgehead atoms. The van der Waals surface area contributed by atoms with Crippen molar-refractivity contribution in [2.45, 2.75) is 50.7 Å². The van der Waals surface area contributed by atoms with Crippen molar-refractivity contribution in [3.05, 3.63) is 29.8 Å². The van der Waals surface area contributed by atoms with Gasteiger partial charge in [-0.1, -0.05) is 44.4 Å². The Morgan fingerprint density at radius 1 is 1.25 bits per heavy atom. The summed E-state index contributed by atoms with van der Waals surface area (Å²) in [6.45, 7) is 3.64. The number of benzene rings is 1. The summed E-state index contributed by atoms with van der Waals surface area (Å²) in [4.78, 5) is 0. The maximum Gasteiger partial charge on any atom is 0.124 e. The third kappa shape index (κ3) is 2.84. The maximum atomic E-state index is 10.6. The highest BCUT2D eigenvalue weighted by Crippen LogP contribution is 2.36. The average molecular weight is 275 g/mol. The van der Waals surface area contributed by atoms with Crippen LogP contribution < -0.4 is 10.1 Å². The number of nitrogens with one attached hydrogen (secondary N) is 1. The third-order valence-electron chi connectivity index (χ3n) is 4.76. The van der Waals surface area contributed by atoms with E-state index in [-0.39, 0.29) is 6.04 Å². The molecule has 0 radical (unpaired) electrons. The molecule has 1 aliphatic carbocycles. The van der Waals surface area contributed by atoms with Crippen molar-refractivity contribution in [2.24, 2.45) is 5.92 Å². The van der Waals surface area contributed by atoms with Gasteiger partial charge in [-0.25, -0.2) is 0 Å². The molecule has 2 atom stereocenters. The largest absolute Gasteiger partial charge is 0.493 e. The molecule has 2 unspecified atom stereocenters. The Morgan fingerprint density at radius 2 is 2.00 bits per heavy atom. The minimum absolute atomic E-state index is 0.283. The van der Waals surface area contributed by atoms with Crippen LogP contribution in [0.2, 0.25) is 0 Å². The van der Waals surface area contributed by atoms with E-state index in [2.05, 4.69) is 24.4 Å². The predicted molar refractivity (Wildman–Crippen MR) is 79.9 cm³/mol. The molecule has 110 valence electrons. The minimum atomic E-state index is -0.509. The van der Waals surface area contributed by atoms with Crippen molar-refractivity contribution in [3.8, 4) is 5.75 Å². The molecule has 0 amide bonds. The number of rotatable bonds is 3. The van der Waals surface area contributed by atoms with Crippen LogP contribution in [-0.4, -0.2) is 23.9 Å². The fourth-order valence-electron chi connectivity index (χ4n) is 3.49. The van der Waals surface area contributed by atoms with Crippen LogP contribution in [0.5, 0.6) is 5.75 Å². The summed E-state index contributed by atoms with van der Waals surface area (Å²) in [5.74, 6) is 1.41. The van der Waals surface area contributed by atoms with Crippen molar-refractivity contribution in [1.29, 1.82) is 0 Å². The van der Waals surface area contributed by atoms with Gasteiger partial charge in [0.2, 0.25) is 0 Å². The van der Waals surface area contributed by atoms with E-state index >= 15 is 0 Å². The summed E-state index contributed by atoms with van der Waals surface area (Å²) in [5, 5.41) is 14.3. The zero-order chi connectivity index (χ0) is 14.0. The number of fused-ring (bicyclic) bond motifs is 1. The van der Waals surface area contributed by atoms with Crippen molar-refractivity contribution < 1.29 is 9.84 Å². The second kappa shape index (κ2) is 5.74. The molecule has 1 aromatic rings. The SMILES string of the molecule is CC1COc2ccccc2C1NCC1(O)CCCCC1. The van der Waals surface area contributed by atoms with E-state index in [0.717, 1.165) is 38.0 Å². The van der Waals surface area contributed by atoms with Crippen LogP contribution in [0.4, 0.5) is 0 Å². The summed E-state index contributed by atoms with van der Waals surface area (Å²) in [7, 11) is 0. The second-order valence-electron chi connectivity index (χ2n) is 6.47. The molecular formula is C17H25NO2. The molecule has 20 heavy (non-hydrogen) atoms. The summed E-state index contributed by atoms with van der Waals surface area (Å²) < 4.78 is 5.78. The fraction of sp³-hybridized carbons (Fsp3) is 0.647. The van der Waals surface area contributed by atoms with Crippen LogP contribution in [-0.2, 0) is 0 Å². The molecular weight excluding hydrogens is 250 g/mol. The van der Waals surface area contributed by atoms with Crippen LogP contribution in [0, 0.1) is 5.92 Å². The van der Waals surface area contributed by atoms with E-state index in [1.54, 1.807) is 0 Å². The van der Waals surface area contributed by atoms with Gasteiger partial charge in [0.25, 0.3) is 0 Å².